The minimum atomic E-state index is 0.593. The lowest BCUT2D eigenvalue weighted by Crippen LogP contribution is -2.16. The van der Waals surface area contributed by atoms with Crippen molar-refractivity contribution in [1.82, 2.24) is 19.4 Å². The largest absolute Gasteiger partial charge is 0.313 e. The zero-order chi connectivity index (χ0) is 13.8. The summed E-state index contributed by atoms with van der Waals surface area (Å²) in [4.78, 5) is 11.4. The Bertz CT molecular complexity index is 548. The van der Waals surface area contributed by atoms with Crippen LogP contribution in [0, 0.1) is 6.92 Å². The van der Waals surface area contributed by atoms with Crippen LogP contribution in [0.2, 0.25) is 0 Å². The van der Waals surface area contributed by atoms with E-state index in [1.54, 1.807) is 0 Å². The summed E-state index contributed by atoms with van der Waals surface area (Å²) in [6.07, 6.45) is 3.78. The molecule has 0 aliphatic heterocycles. The van der Waals surface area contributed by atoms with Gasteiger partial charge in [-0.1, -0.05) is 0 Å². The fourth-order valence-corrected chi connectivity index (χ4v) is 2.38. The first kappa shape index (κ1) is 14.3. The van der Waals surface area contributed by atoms with Gasteiger partial charge in [0.05, 0.1) is 0 Å². The maximum Gasteiger partial charge on any atom is 0.160 e. The first-order chi connectivity index (χ1) is 9.11. The van der Waals surface area contributed by atoms with Crippen LogP contribution in [-0.2, 0) is 13.0 Å². The van der Waals surface area contributed by atoms with E-state index >= 15 is 0 Å². The first-order valence-electron chi connectivity index (χ1n) is 6.64. The first-order valence-corrected chi connectivity index (χ1v) is 7.17. The minimum Gasteiger partial charge on any atom is -0.313 e. The summed E-state index contributed by atoms with van der Waals surface area (Å²) < 4.78 is 2.21. The lowest BCUT2D eigenvalue weighted by molar-refractivity contribution is 0.386. The maximum atomic E-state index is 5.87. The SMILES string of the molecule is Cc1cnc2c(c1)nc(CCCl)n2CCCN(C)C. The number of fused-ring (bicyclic) bond motifs is 1. The predicted octanol–water partition coefficient (Wildman–Crippen LogP) is 2.47. The molecule has 0 amide bonds. The van der Waals surface area contributed by atoms with Gasteiger partial charge in [-0.3, -0.25) is 0 Å². The second kappa shape index (κ2) is 6.35. The second-order valence-electron chi connectivity index (χ2n) is 5.13. The smallest absolute Gasteiger partial charge is 0.160 e. The Morgan fingerprint density at radius 3 is 2.84 bits per heavy atom. The topological polar surface area (TPSA) is 34.0 Å². The molecule has 5 heteroatoms. The number of aryl methyl sites for hydroxylation is 3. The summed E-state index contributed by atoms with van der Waals surface area (Å²) >= 11 is 5.87. The molecule has 0 radical (unpaired) electrons. The molecule has 0 aliphatic rings. The highest BCUT2D eigenvalue weighted by Gasteiger charge is 2.11. The van der Waals surface area contributed by atoms with Crippen molar-refractivity contribution in [3.63, 3.8) is 0 Å². The molecule has 4 nitrogen and oxygen atoms in total. The van der Waals surface area contributed by atoms with E-state index in [1.165, 1.54) is 0 Å². The van der Waals surface area contributed by atoms with Crippen LogP contribution in [0.5, 0.6) is 0 Å². The number of hydrogen-bond acceptors (Lipinski definition) is 3. The highest BCUT2D eigenvalue weighted by molar-refractivity contribution is 6.17. The van der Waals surface area contributed by atoms with Crippen molar-refractivity contribution in [3.8, 4) is 0 Å². The third-order valence-electron chi connectivity index (χ3n) is 3.11. The summed E-state index contributed by atoms with van der Waals surface area (Å²) in [6.45, 7) is 4.04. The number of aromatic nitrogens is 3. The van der Waals surface area contributed by atoms with Gasteiger partial charge in [0.25, 0.3) is 0 Å². The average Bonchev–Trinajstić information content (AvgIpc) is 2.66. The molecule has 0 N–H and O–H groups in total. The van der Waals surface area contributed by atoms with Crippen molar-refractivity contribution in [2.75, 3.05) is 26.5 Å². The molecular weight excluding hydrogens is 260 g/mol. The molecule has 0 atom stereocenters. The number of alkyl halides is 1. The molecule has 2 heterocycles. The number of rotatable bonds is 6. The van der Waals surface area contributed by atoms with Gasteiger partial charge in [0.15, 0.2) is 5.65 Å². The van der Waals surface area contributed by atoms with Crippen molar-refractivity contribution in [2.24, 2.45) is 0 Å². The van der Waals surface area contributed by atoms with Crippen LogP contribution in [0.15, 0.2) is 12.3 Å². The number of nitrogens with zero attached hydrogens (tertiary/aromatic N) is 4. The highest BCUT2D eigenvalue weighted by atomic mass is 35.5. The van der Waals surface area contributed by atoms with Crippen molar-refractivity contribution < 1.29 is 0 Å². The summed E-state index contributed by atoms with van der Waals surface area (Å²) in [5.74, 6) is 1.64. The quantitative estimate of drug-likeness (QED) is 0.763. The zero-order valence-electron chi connectivity index (χ0n) is 11.9. The van der Waals surface area contributed by atoms with Crippen molar-refractivity contribution >= 4 is 22.8 Å². The molecule has 0 saturated carbocycles. The van der Waals surface area contributed by atoms with Crippen LogP contribution in [0.25, 0.3) is 11.2 Å². The molecule has 0 aliphatic carbocycles. The lowest BCUT2D eigenvalue weighted by Gasteiger charge is -2.11. The van der Waals surface area contributed by atoms with E-state index in [-0.39, 0.29) is 0 Å². The van der Waals surface area contributed by atoms with Gasteiger partial charge in [0, 0.05) is 25.0 Å². The molecule has 2 aromatic rings. The van der Waals surface area contributed by atoms with Gasteiger partial charge < -0.3 is 9.47 Å². The van der Waals surface area contributed by atoms with Crippen LogP contribution in [0.4, 0.5) is 0 Å². The van der Waals surface area contributed by atoms with Gasteiger partial charge in [0.2, 0.25) is 0 Å². The Kier molecular flexibility index (Phi) is 4.77. The molecule has 0 saturated heterocycles. The van der Waals surface area contributed by atoms with Gasteiger partial charge >= 0.3 is 0 Å². The lowest BCUT2D eigenvalue weighted by atomic mass is 10.3. The molecule has 0 spiro atoms. The molecule has 104 valence electrons. The fourth-order valence-electron chi connectivity index (χ4n) is 2.21. The number of imidazole rings is 1. The molecule has 0 unspecified atom stereocenters. The highest BCUT2D eigenvalue weighted by Crippen LogP contribution is 2.16. The summed E-state index contributed by atoms with van der Waals surface area (Å²) in [7, 11) is 4.18. The van der Waals surface area contributed by atoms with Gasteiger partial charge in [-0.2, -0.15) is 0 Å². The summed E-state index contributed by atoms with van der Waals surface area (Å²) in [5.41, 5.74) is 3.09. The Hall–Kier alpha value is -1.13. The van der Waals surface area contributed by atoms with Crippen molar-refractivity contribution in [2.45, 2.75) is 26.3 Å². The van der Waals surface area contributed by atoms with E-state index in [0.717, 1.165) is 48.5 Å². The van der Waals surface area contributed by atoms with Crippen LogP contribution >= 0.6 is 11.6 Å². The van der Waals surface area contributed by atoms with E-state index in [9.17, 15) is 0 Å². The minimum absolute atomic E-state index is 0.593. The van der Waals surface area contributed by atoms with E-state index in [2.05, 4.69) is 39.6 Å². The van der Waals surface area contributed by atoms with Crippen LogP contribution in [-0.4, -0.2) is 46.0 Å². The van der Waals surface area contributed by atoms with E-state index in [0.29, 0.717) is 5.88 Å². The standard InChI is InChI=1S/C14H21ClN4/c1-11-9-12-14(16-10-11)19(8-4-7-18(2)3)13(17-12)5-6-15/h9-10H,4-8H2,1-3H3. The van der Waals surface area contributed by atoms with Gasteiger partial charge in [-0.15, -0.1) is 11.6 Å². The molecule has 19 heavy (non-hydrogen) atoms. The Morgan fingerprint density at radius 2 is 2.16 bits per heavy atom. The van der Waals surface area contributed by atoms with Gasteiger partial charge in [-0.05, 0) is 45.6 Å². The van der Waals surface area contributed by atoms with Gasteiger partial charge in [-0.25, -0.2) is 9.97 Å². The monoisotopic (exact) mass is 280 g/mol. The molecule has 2 rings (SSSR count). The molecular formula is C14H21ClN4. The molecule has 0 fully saturated rings. The van der Waals surface area contributed by atoms with Crippen LogP contribution in [0.1, 0.15) is 17.8 Å². The van der Waals surface area contributed by atoms with Crippen LogP contribution < -0.4 is 0 Å². The molecule has 0 bridgehead atoms. The van der Waals surface area contributed by atoms with Crippen molar-refractivity contribution in [3.05, 3.63) is 23.7 Å². The second-order valence-corrected chi connectivity index (χ2v) is 5.51. The molecule has 2 aromatic heterocycles. The van der Waals surface area contributed by atoms with Crippen LogP contribution in [0.3, 0.4) is 0 Å². The Labute approximate surface area is 119 Å². The summed E-state index contributed by atoms with van der Waals surface area (Å²) in [6, 6.07) is 2.09. The average molecular weight is 281 g/mol. The van der Waals surface area contributed by atoms with Crippen molar-refractivity contribution in [1.29, 1.82) is 0 Å². The summed E-state index contributed by atoms with van der Waals surface area (Å²) in [5, 5.41) is 0. The fraction of sp³-hybridized carbons (Fsp3) is 0.571. The number of halogens is 1. The normalized spacial score (nSPS) is 11.6. The Balaban J connectivity index is 2.29. The zero-order valence-corrected chi connectivity index (χ0v) is 12.6. The van der Waals surface area contributed by atoms with E-state index in [1.807, 2.05) is 13.1 Å². The van der Waals surface area contributed by atoms with E-state index in [4.69, 9.17) is 11.6 Å². The van der Waals surface area contributed by atoms with Gasteiger partial charge in [0.1, 0.15) is 11.3 Å². The third-order valence-corrected chi connectivity index (χ3v) is 3.29. The third kappa shape index (κ3) is 3.45. The predicted molar refractivity (Wildman–Crippen MR) is 79.9 cm³/mol. The van der Waals surface area contributed by atoms with E-state index < -0.39 is 0 Å². The maximum absolute atomic E-state index is 5.87. The Morgan fingerprint density at radius 1 is 1.37 bits per heavy atom. The number of pyridine rings is 1. The number of hydrogen-bond donors (Lipinski definition) is 0. The molecule has 0 aromatic carbocycles.